The summed E-state index contributed by atoms with van der Waals surface area (Å²) in [7, 11) is 0. The lowest BCUT2D eigenvalue weighted by atomic mass is 10.3. The summed E-state index contributed by atoms with van der Waals surface area (Å²) in [6, 6.07) is 7.52. The number of nitrogens with one attached hydrogen (secondary N) is 1. The Morgan fingerprint density at radius 1 is 1.33 bits per heavy atom. The number of nitro groups is 1. The van der Waals surface area contributed by atoms with Crippen molar-refractivity contribution >= 4 is 34.7 Å². The summed E-state index contributed by atoms with van der Waals surface area (Å²) < 4.78 is 5.47. The maximum absolute atomic E-state index is 10.7. The Bertz CT molecular complexity index is 658. The Kier molecular flexibility index (Phi) is 4.79. The molecule has 0 spiro atoms. The van der Waals surface area contributed by atoms with E-state index in [0.717, 1.165) is 0 Å². The molecule has 3 N–H and O–H groups in total. The number of nitro benzene ring substituents is 1. The molecule has 0 aliphatic rings. The molecular formula is C12H10Cl2N4O3. The lowest BCUT2D eigenvalue weighted by Crippen LogP contribution is -2.10. The lowest BCUT2D eigenvalue weighted by molar-refractivity contribution is -0.384. The van der Waals surface area contributed by atoms with Crippen molar-refractivity contribution in [3.8, 4) is 5.75 Å². The van der Waals surface area contributed by atoms with Crippen molar-refractivity contribution in [2.75, 3.05) is 5.43 Å². The number of hydrazine groups is 1. The van der Waals surface area contributed by atoms with Crippen LogP contribution in [0, 0.1) is 10.1 Å². The van der Waals surface area contributed by atoms with Crippen LogP contribution in [0.5, 0.6) is 5.75 Å². The Hall–Kier alpha value is -2.09. The molecular weight excluding hydrogens is 319 g/mol. The fraction of sp³-hybridized carbons (Fsp3) is 0.0833. The van der Waals surface area contributed by atoms with Crippen LogP contribution in [0.4, 0.5) is 11.5 Å². The SMILES string of the molecule is NNc1cccc(COc2c(Cl)cc([N+](=O)[O-])cc2Cl)n1. The molecule has 1 aromatic heterocycles. The largest absolute Gasteiger partial charge is 0.484 e. The summed E-state index contributed by atoms with van der Waals surface area (Å²) in [6.45, 7) is 0.0901. The zero-order valence-corrected chi connectivity index (χ0v) is 12.1. The van der Waals surface area contributed by atoms with Crippen LogP contribution in [-0.2, 0) is 6.61 Å². The third-order valence-electron chi connectivity index (χ3n) is 2.51. The van der Waals surface area contributed by atoms with Crippen LogP contribution in [0.2, 0.25) is 10.0 Å². The number of non-ortho nitro benzene ring substituents is 1. The number of rotatable bonds is 5. The fourth-order valence-electron chi connectivity index (χ4n) is 1.58. The van der Waals surface area contributed by atoms with E-state index in [2.05, 4.69) is 10.4 Å². The highest BCUT2D eigenvalue weighted by Crippen LogP contribution is 2.37. The van der Waals surface area contributed by atoms with Crippen molar-refractivity contribution in [2.24, 2.45) is 5.84 Å². The van der Waals surface area contributed by atoms with E-state index in [1.165, 1.54) is 12.1 Å². The third kappa shape index (κ3) is 3.72. The number of nitrogen functional groups attached to an aromatic ring is 1. The van der Waals surface area contributed by atoms with Gasteiger partial charge in [-0.2, -0.15) is 0 Å². The molecule has 2 rings (SSSR count). The predicted octanol–water partition coefficient (Wildman–Crippen LogP) is 3.16. The van der Waals surface area contributed by atoms with E-state index in [-0.39, 0.29) is 28.1 Å². The number of hydrogen-bond donors (Lipinski definition) is 2. The van der Waals surface area contributed by atoms with E-state index >= 15 is 0 Å². The first-order valence-corrected chi connectivity index (χ1v) is 6.45. The molecule has 0 atom stereocenters. The number of benzene rings is 1. The highest BCUT2D eigenvalue weighted by atomic mass is 35.5. The number of halogens is 2. The number of aromatic nitrogens is 1. The van der Waals surface area contributed by atoms with Crippen molar-refractivity contribution in [3.05, 3.63) is 56.2 Å². The van der Waals surface area contributed by atoms with Gasteiger partial charge in [-0.25, -0.2) is 10.8 Å². The summed E-state index contributed by atoms with van der Waals surface area (Å²) >= 11 is 11.9. The van der Waals surface area contributed by atoms with Gasteiger partial charge < -0.3 is 10.2 Å². The van der Waals surface area contributed by atoms with Crippen LogP contribution in [0.1, 0.15) is 5.69 Å². The molecule has 0 saturated heterocycles. The number of hydrogen-bond acceptors (Lipinski definition) is 6. The van der Waals surface area contributed by atoms with Crippen molar-refractivity contribution in [1.29, 1.82) is 0 Å². The Balaban J connectivity index is 2.18. The van der Waals surface area contributed by atoms with Crippen LogP contribution in [0.3, 0.4) is 0 Å². The second-order valence-electron chi connectivity index (χ2n) is 3.94. The molecule has 1 heterocycles. The minimum absolute atomic E-state index is 0.0577. The van der Waals surface area contributed by atoms with Gasteiger partial charge in [0.25, 0.3) is 5.69 Å². The minimum Gasteiger partial charge on any atom is -0.484 e. The van der Waals surface area contributed by atoms with E-state index in [1.807, 2.05) is 0 Å². The zero-order valence-electron chi connectivity index (χ0n) is 10.5. The summed E-state index contributed by atoms with van der Waals surface area (Å²) in [4.78, 5) is 14.3. The minimum atomic E-state index is -0.584. The van der Waals surface area contributed by atoms with Crippen molar-refractivity contribution in [3.63, 3.8) is 0 Å². The van der Waals surface area contributed by atoms with Gasteiger partial charge >= 0.3 is 0 Å². The quantitative estimate of drug-likeness (QED) is 0.496. The van der Waals surface area contributed by atoms with Crippen molar-refractivity contribution in [2.45, 2.75) is 6.61 Å². The Morgan fingerprint density at radius 2 is 2.00 bits per heavy atom. The van der Waals surface area contributed by atoms with Gasteiger partial charge in [-0.05, 0) is 12.1 Å². The van der Waals surface area contributed by atoms with Gasteiger partial charge in [-0.3, -0.25) is 10.1 Å². The van der Waals surface area contributed by atoms with E-state index in [0.29, 0.717) is 11.5 Å². The molecule has 0 radical (unpaired) electrons. The maximum Gasteiger partial charge on any atom is 0.272 e. The van der Waals surface area contributed by atoms with Crippen molar-refractivity contribution in [1.82, 2.24) is 4.98 Å². The topological polar surface area (TPSA) is 103 Å². The van der Waals surface area contributed by atoms with E-state index in [4.69, 9.17) is 33.8 Å². The van der Waals surface area contributed by atoms with Gasteiger partial charge in [0.15, 0.2) is 5.75 Å². The summed E-state index contributed by atoms with van der Waals surface area (Å²) in [5, 5.41) is 10.8. The molecule has 0 aliphatic heterocycles. The van der Waals surface area contributed by atoms with Crippen LogP contribution >= 0.6 is 23.2 Å². The number of nitrogens with zero attached hydrogens (tertiary/aromatic N) is 2. The monoisotopic (exact) mass is 328 g/mol. The number of pyridine rings is 1. The lowest BCUT2D eigenvalue weighted by Gasteiger charge is -2.10. The Morgan fingerprint density at radius 3 is 2.57 bits per heavy atom. The molecule has 21 heavy (non-hydrogen) atoms. The van der Waals surface area contributed by atoms with Gasteiger partial charge in [0, 0.05) is 12.1 Å². The molecule has 110 valence electrons. The third-order valence-corrected chi connectivity index (χ3v) is 3.07. The highest BCUT2D eigenvalue weighted by Gasteiger charge is 2.16. The van der Waals surface area contributed by atoms with Crippen molar-refractivity contribution < 1.29 is 9.66 Å². The first-order chi connectivity index (χ1) is 10.0. The number of nitrogens with two attached hydrogens (primary N) is 1. The zero-order chi connectivity index (χ0) is 15.4. The average molecular weight is 329 g/mol. The molecule has 0 unspecified atom stereocenters. The van der Waals surface area contributed by atoms with Gasteiger partial charge in [0.05, 0.1) is 20.7 Å². The second-order valence-corrected chi connectivity index (χ2v) is 4.76. The average Bonchev–Trinajstić information content (AvgIpc) is 2.46. The number of ether oxygens (including phenoxy) is 1. The fourth-order valence-corrected chi connectivity index (χ4v) is 2.16. The van der Waals surface area contributed by atoms with Gasteiger partial charge in [0.1, 0.15) is 12.4 Å². The summed E-state index contributed by atoms with van der Waals surface area (Å²) in [6.07, 6.45) is 0. The van der Waals surface area contributed by atoms with Crippen LogP contribution in [0.25, 0.3) is 0 Å². The maximum atomic E-state index is 10.7. The summed E-state index contributed by atoms with van der Waals surface area (Å²) in [5.74, 6) is 5.91. The first kappa shape index (κ1) is 15.3. The molecule has 2 aromatic rings. The van der Waals surface area contributed by atoms with E-state index < -0.39 is 4.92 Å². The van der Waals surface area contributed by atoms with Gasteiger partial charge in [-0.1, -0.05) is 29.3 Å². The van der Waals surface area contributed by atoms with Gasteiger partial charge in [0.2, 0.25) is 0 Å². The van der Waals surface area contributed by atoms with Crippen LogP contribution in [0.15, 0.2) is 30.3 Å². The molecule has 0 bridgehead atoms. The number of anilines is 1. The molecule has 7 nitrogen and oxygen atoms in total. The standard InChI is InChI=1S/C12H10Cl2N4O3/c13-9-4-8(18(19)20)5-10(14)12(9)21-6-7-2-1-3-11(16-7)17-15/h1-5H,6,15H2,(H,16,17). The first-order valence-electron chi connectivity index (χ1n) is 5.70. The van der Waals surface area contributed by atoms with Gasteiger partial charge in [-0.15, -0.1) is 0 Å². The molecule has 0 aliphatic carbocycles. The second kappa shape index (κ2) is 6.57. The highest BCUT2D eigenvalue weighted by molar-refractivity contribution is 6.37. The molecule has 0 fully saturated rings. The molecule has 9 heteroatoms. The molecule has 0 saturated carbocycles. The predicted molar refractivity (Wildman–Crippen MR) is 79.5 cm³/mol. The Labute approximate surface area is 129 Å². The van der Waals surface area contributed by atoms with Crippen LogP contribution < -0.4 is 16.0 Å². The summed E-state index contributed by atoms with van der Waals surface area (Å²) in [5.41, 5.74) is 2.80. The van der Waals surface area contributed by atoms with E-state index in [1.54, 1.807) is 18.2 Å². The molecule has 0 amide bonds. The van der Waals surface area contributed by atoms with Crippen LogP contribution in [-0.4, -0.2) is 9.91 Å². The van der Waals surface area contributed by atoms with E-state index in [9.17, 15) is 10.1 Å². The normalized spacial score (nSPS) is 10.2. The smallest absolute Gasteiger partial charge is 0.272 e. The molecule has 1 aromatic carbocycles.